The Morgan fingerprint density at radius 1 is 1.05 bits per heavy atom. The zero-order valence-electron chi connectivity index (χ0n) is 11.5. The molecule has 2 aromatic carbocycles. The van der Waals surface area contributed by atoms with Crippen molar-refractivity contribution in [3.8, 4) is 0 Å². The zero-order valence-corrected chi connectivity index (χ0v) is 11.5. The van der Waals surface area contributed by atoms with Crippen LogP contribution in [-0.4, -0.2) is 19.1 Å². The minimum Gasteiger partial charge on any atom is -0.317 e. The first-order valence-corrected chi connectivity index (χ1v) is 7.28. The monoisotopic (exact) mass is 254 g/mol. The summed E-state index contributed by atoms with van der Waals surface area (Å²) in [6.45, 7) is 4.55. The number of piperidine rings is 1. The van der Waals surface area contributed by atoms with Crippen molar-refractivity contribution in [3.05, 3.63) is 48.0 Å². The second kappa shape index (κ2) is 5.72. The Bertz CT molecular complexity index is 544. The first-order valence-electron chi connectivity index (χ1n) is 7.28. The molecular formula is C17H22N2. The molecule has 2 N–H and O–H groups in total. The average Bonchev–Trinajstić information content (AvgIpc) is 2.48. The molecule has 0 bridgehead atoms. The van der Waals surface area contributed by atoms with E-state index in [2.05, 4.69) is 60.0 Å². The third-order valence-corrected chi connectivity index (χ3v) is 4.10. The maximum absolute atomic E-state index is 3.76. The molecule has 2 heteroatoms. The summed E-state index contributed by atoms with van der Waals surface area (Å²) in [4.78, 5) is 0. The quantitative estimate of drug-likeness (QED) is 0.878. The fraction of sp³-hybridized carbons (Fsp3) is 0.412. The molecule has 1 unspecified atom stereocenters. The summed E-state index contributed by atoms with van der Waals surface area (Å²) < 4.78 is 0. The van der Waals surface area contributed by atoms with E-state index in [9.17, 15) is 0 Å². The van der Waals surface area contributed by atoms with Gasteiger partial charge >= 0.3 is 0 Å². The predicted molar refractivity (Wildman–Crippen MR) is 81.4 cm³/mol. The smallest absolute Gasteiger partial charge is 0.0294 e. The number of nitrogens with one attached hydrogen (secondary N) is 2. The summed E-state index contributed by atoms with van der Waals surface area (Å²) in [6.07, 6.45) is 2.47. The minimum atomic E-state index is 0.424. The highest BCUT2D eigenvalue weighted by molar-refractivity contribution is 5.83. The van der Waals surface area contributed by atoms with Crippen LogP contribution in [-0.2, 0) is 0 Å². The molecule has 1 heterocycles. The molecular weight excluding hydrogens is 232 g/mol. The first kappa shape index (κ1) is 12.6. The predicted octanol–water partition coefficient (Wildman–Crippen LogP) is 3.24. The summed E-state index contributed by atoms with van der Waals surface area (Å²) in [5.74, 6) is 0. The third-order valence-electron chi connectivity index (χ3n) is 4.10. The van der Waals surface area contributed by atoms with Crippen LogP contribution in [0.5, 0.6) is 0 Å². The van der Waals surface area contributed by atoms with Crippen LogP contribution in [0, 0.1) is 0 Å². The van der Waals surface area contributed by atoms with E-state index in [-0.39, 0.29) is 0 Å². The highest BCUT2D eigenvalue weighted by Gasteiger charge is 2.15. The molecule has 0 saturated carbocycles. The molecule has 1 atom stereocenters. The minimum absolute atomic E-state index is 0.424. The van der Waals surface area contributed by atoms with Crippen molar-refractivity contribution in [3.63, 3.8) is 0 Å². The fourth-order valence-corrected chi connectivity index (χ4v) is 2.92. The van der Waals surface area contributed by atoms with E-state index >= 15 is 0 Å². The van der Waals surface area contributed by atoms with Gasteiger partial charge in [0, 0.05) is 12.1 Å². The lowest BCUT2D eigenvalue weighted by Crippen LogP contribution is -2.40. The van der Waals surface area contributed by atoms with Gasteiger partial charge in [-0.3, -0.25) is 0 Å². The van der Waals surface area contributed by atoms with Gasteiger partial charge in [-0.2, -0.15) is 0 Å². The molecule has 2 aromatic rings. The molecule has 0 aromatic heterocycles. The van der Waals surface area contributed by atoms with Crippen molar-refractivity contribution in [2.75, 3.05) is 13.1 Å². The highest BCUT2D eigenvalue weighted by Crippen LogP contribution is 2.21. The van der Waals surface area contributed by atoms with Gasteiger partial charge in [0.05, 0.1) is 0 Å². The molecule has 1 fully saturated rings. The van der Waals surface area contributed by atoms with Gasteiger partial charge in [0.15, 0.2) is 0 Å². The van der Waals surface area contributed by atoms with Crippen LogP contribution in [0.3, 0.4) is 0 Å². The second-order valence-electron chi connectivity index (χ2n) is 5.52. The van der Waals surface area contributed by atoms with Gasteiger partial charge in [-0.05, 0) is 55.3 Å². The van der Waals surface area contributed by atoms with Crippen LogP contribution in [0.4, 0.5) is 0 Å². The summed E-state index contributed by atoms with van der Waals surface area (Å²) in [5.41, 5.74) is 1.39. The van der Waals surface area contributed by atoms with Crippen LogP contribution < -0.4 is 10.6 Å². The average molecular weight is 254 g/mol. The zero-order chi connectivity index (χ0) is 13.1. The van der Waals surface area contributed by atoms with E-state index in [1.807, 2.05) is 0 Å². The van der Waals surface area contributed by atoms with Crippen molar-refractivity contribution < 1.29 is 0 Å². The van der Waals surface area contributed by atoms with Gasteiger partial charge in [-0.25, -0.2) is 0 Å². The molecule has 1 aliphatic heterocycles. The number of rotatable bonds is 3. The van der Waals surface area contributed by atoms with E-state index in [0.717, 1.165) is 13.1 Å². The van der Waals surface area contributed by atoms with Crippen molar-refractivity contribution >= 4 is 10.8 Å². The Morgan fingerprint density at radius 2 is 1.79 bits per heavy atom. The van der Waals surface area contributed by atoms with Crippen molar-refractivity contribution in [2.24, 2.45) is 0 Å². The SMILES string of the molecule is CC(NC1CCNCC1)c1ccc2ccccc2c1. The molecule has 0 aliphatic carbocycles. The molecule has 0 amide bonds. The molecule has 19 heavy (non-hydrogen) atoms. The molecule has 1 saturated heterocycles. The standard InChI is InChI=1S/C17H22N2/c1-13(19-17-8-10-18-11-9-17)15-7-6-14-4-2-3-5-16(14)12-15/h2-7,12-13,17-19H,8-11H2,1H3. The number of hydrogen-bond acceptors (Lipinski definition) is 2. The van der Waals surface area contributed by atoms with E-state index in [0.29, 0.717) is 12.1 Å². The van der Waals surface area contributed by atoms with Gasteiger partial charge in [-0.1, -0.05) is 36.4 Å². The van der Waals surface area contributed by atoms with E-state index in [4.69, 9.17) is 0 Å². The van der Waals surface area contributed by atoms with Gasteiger partial charge in [0.25, 0.3) is 0 Å². The number of benzene rings is 2. The maximum atomic E-state index is 3.76. The number of fused-ring (bicyclic) bond motifs is 1. The summed E-state index contributed by atoms with van der Waals surface area (Å²) in [7, 11) is 0. The number of hydrogen-bond donors (Lipinski definition) is 2. The van der Waals surface area contributed by atoms with Gasteiger partial charge < -0.3 is 10.6 Å². The van der Waals surface area contributed by atoms with Crippen molar-refractivity contribution in [2.45, 2.75) is 31.8 Å². The Labute approximate surface area is 115 Å². The lowest BCUT2D eigenvalue weighted by atomic mass is 10.0. The van der Waals surface area contributed by atoms with Crippen molar-refractivity contribution in [1.29, 1.82) is 0 Å². The fourth-order valence-electron chi connectivity index (χ4n) is 2.92. The highest BCUT2D eigenvalue weighted by atomic mass is 15.0. The Kier molecular flexibility index (Phi) is 3.81. The molecule has 0 radical (unpaired) electrons. The lowest BCUT2D eigenvalue weighted by molar-refractivity contribution is 0.359. The molecule has 3 rings (SSSR count). The van der Waals surface area contributed by atoms with Crippen LogP contribution in [0.25, 0.3) is 10.8 Å². The van der Waals surface area contributed by atoms with Crippen LogP contribution in [0.2, 0.25) is 0 Å². The van der Waals surface area contributed by atoms with Gasteiger partial charge in [0.2, 0.25) is 0 Å². The molecule has 2 nitrogen and oxygen atoms in total. The summed E-state index contributed by atoms with van der Waals surface area (Å²) in [6, 6.07) is 16.4. The topological polar surface area (TPSA) is 24.1 Å². The van der Waals surface area contributed by atoms with E-state index < -0.39 is 0 Å². The van der Waals surface area contributed by atoms with Gasteiger partial charge in [-0.15, -0.1) is 0 Å². The van der Waals surface area contributed by atoms with Crippen LogP contribution in [0.15, 0.2) is 42.5 Å². The van der Waals surface area contributed by atoms with Gasteiger partial charge in [0.1, 0.15) is 0 Å². The Morgan fingerprint density at radius 3 is 2.58 bits per heavy atom. The van der Waals surface area contributed by atoms with Crippen LogP contribution >= 0.6 is 0 Å². The van der Waals surface area contributed by atoms with E-state index in [1.54, 1.807) is 0 Å². The van der Waals surface area contributed by atoms with Crippen molar-refractivity contribution in [1.82, 2.24) is 10.6 Å². The third kappa shape index (κ3) is 2.96. The lowest BCUT2D eigenvalue weighted by Gasteiger charge is -2.27. The summed E-state index contributed by atoms with van der Waals surface area (Å²) >= 11 is 0. The van der Waals surface area contributed by atoms with E-state index in [1.165, 1.54) is 29.2 Å². The summed E-state index contributed by atoms with van der Waals surface area (Å²) in [5, 5.41) is 9.82. The van der Waals surface area contributed by atoms with Crippen LogP contribution in [0.1, 0.15) is 31.4 Å². The first-order chi connectivity index (χ1) is 9.33. The Balaban J connectivity index is 1.75. The molecule has 1 aliphatic rings. The molecule has 0 spiro atoms. The maximum Gasteiger partial charge on any atom is 0.0294 e. The molecule has 100 valence electrons. The Hall–Kier alpha value is -1.38. The largest absolute Gasteiger partial charge is 0.317 e. The normalized spacial score (nSPS) is 18.6. The second-order valence-corrected chi connectivity index (χ2v) is 5.52.